The largest absolute Gasteiger partial charge is 0.483 e. The van der Waals surface area contributed by atoms with E-state index in [2.05, 4.69) is 14.9 Å². The fraction of sp³-hybridized carbons (Fsp3) is 0.545. The zero-order valence-electron chi connectivity index (χ0n) is 10.1. The van der Waals surface area contributed by atoms with E-state index >= 15 is 0 Å². The van der Waals surface area contributed by atoms with Gasteiger partial charge in [0.1, 0.15) is 5.82 Å². The van der Waals surface area contributed by atoms with Crippen LogP contribution >= 0.6 is 0 Å². The summed E-state index contributed by atoms with van der Waals surface area (Å²) in [7, 11) is 0. The molecule has 100 valence electrons. The molecule has 1 saturated heterocycles. The van der Waals surface area contributed by atoms with Gasteiger partial charge in [-0.1, -0.05) is 0 Å². The summed E-state index contributed by atoms with van der Waals surface area (Å²) in [5.41, 5.74) is 5.60. The summed E-state index contributed by atoms with van der Waals surface area (Å²) in [6.07, 6.45) is 4.09. The fourth-order valence-electron chi connectivity index (χ4n) is 1.79. The van der Waals surface area contributed by atoms with Crippen LogP contribution in [0.1, 0.15) is 19.3 Å². The molecule has 1 unspecified atom stereocenters. The lowest BCUT2D eigenvalue weighted by molar-refractivity contribution is -0.122. The van der Waals surface area contributed by atoms with E-state index < -0.39 is 0 Å². The van der Waals surface area contributed by atoms with Gasteiger partial charge in [0, 0.05) is 19.3 Å². The number of aliphatic hydroxyl groups excluding tert-OH is 1. The van der Waals surface area contributed by atoms with E-state index in [9.17, 15) is 5.11 Å². The maximum Gasteiger partial charge on any atom is 0.290 e. The van der Waals surface area contributed by atoms with Crippen molar-refractivity contribution < 1.29 is 15.0 Å². The van der Waals surface area contributed by atoms with Gasteiger partial charge in [0.25, 0.3) is 6.47 Å². The van der Waals surface area contributed by atoms with Gasteiger partial charge in [-0.05, 0) is 25.3 Å². The van der Waals surface area contributed by atoms with Crippen LogP contribution in [0.2, 0.25) is 0 Å². The molecule has 1 atom stereocenters. The first-order chi connectivity index (χ1) is 8.67. The van der Waals surface area contributed by atoms with Crippen molar-refractivity contribution in [2.45, 2.75) is 25.4 Å². The smallest absolute Gasteiger partial charge is 0.290 e. The summed E-state index contributed by atoms with van der Waals surface area (Å²) in [4.78, 5) is 18.8. The molecule has 1 fully saturated rings. The molecule has 0 radical (unpaired) electrons. The number of anilines is 2. The molecule has 4 N–H and O–H groups in total. The van der Waals surface area contributed by atoms with Crippen molar-refractivity contribution in [2.24, 2.45) is 0 Å². The Kier molecular flexibility index (Phi) is 5.86. The fourth-order valence-corrected chi connectivity index (χ4v) is 1.79. The molecule has 0 aliphatic carbocycles. The number of carbonyl (C=O) groups is 1. The number of carboxylic acid groups (broad SMARTS) is 1. The average molecular weight is 254 g/mol. The van der Waals surface area contributed by atoms with Gasteiger partial charge in [-0.3, -0.25) is 4.79 Å². The number of rotatable bonds is 1. The van der Waals surface area contributed by atoms with Crippen molar-refractivity contribution in [3.8, 4) is 0 Å². The standard InChI is InChI=1S/C10H16N4O.CH2O2/c11-9-3-5-12-10(13-9)14-6-1-2-8(15)4-7-14;2-1-3/h3,5,8,15H,1-2,4,6-7H2,(H2,11,12,13);1H,(H,2,3). The predicted octanol–water partition coefficient (Wildman–Crippen LogP) is 0.111. The van der Waals surface area contributed by atoms with Gasteiger partial charge in [0.2, 0.25) is 5.95 Å². The van der Waals surface area contributed by atoms with Crippen LogP contribution in [0.15, 0.2) is 12.3 Å². The quantitative estimate of drug-likeness (QED) is 0.609. The number of hydrogen-bond donors (Lipinski definition) is 3. The van der Waals surface area contributed by atoms with Crippen molar-refractivity contribution in [3.63, 3.8) is 0 Å². The van der Waals surface area contributed by atoms with E-state index in [-0.39, 0.29) is 12.6 Å². The van der Waals surface area contributed by atoms with Crippen LogP contribution in [0.25, 0.3) is 0 Å². The highest BCUT2D eigenvalue weighted by atomic mass is 16.3. The first-order valence-electron chi connectivity index (χ1n) is 5.76. The van der Waals surface area contributed by atoms with Crippen molar-refractivity contribution >= 4 is 18.2 Å². The second kappa shape index (κ2) is 7.44. The normalized spacial score (nSPS) is 19.4. The van der Waals surface area contributed by atoms with Gasteiger partial charge >= 0.3 is 0 Å². The Labute approximate surface area is 105 Å². The van der Waals surface area contributed by atoms with E-state index in [1.54, 1.807) is 12.3 Å². The van der Waals surface area contributed by atoms with Crippen LogP contribution in [0.3, 0.4) is 0 Å². The number of nitrogens with zero attached hydrogens (tertiary/aromatic N) is 3. The Morgan fingerprint density at radius 3 is 2.83 bits per heavy atom. The number of nitrogens with two attached hydrogens (primary N) is 1. The third-order valence-electron chi connectivity index (χ3n) is 2.64. The van der Waals surface area contributed by atoms with Crippen LogP contribution < -0.4 is 10.6 Å². The lowest BCUT2D eigenvalue weighted by atomic mass is 10.2. The van der Waals surface area contributed by atoms with Crippen LogP contribution in [-0.4, -0.2) is 45.8 Å². The Balaban J connectivity index is 0.000000492. The minimum absolute atomic E-state index is 0.184. The van der Waals surface area contributed by atoms with Crippen molar-refractivity contribution in [3.05, 3.63) is 12.3 Å². The number of hydrogen-bond acceptors (Lipinski definition) is 6. The van der Waals surface area contributed by atoms with Gasteiger partial charge in [-0.15, -0.1) is 0 Å². The van der Waals surface area contributed by atoms with Crippen molar-refractivity contribution in [1.82, 2.24) is 9.97 Å². The van der Waals surface area contributed by atoms with E-state index in [0.29, 0.717) is 11.8 Å². The van der Waals surface area contributed by atoms with Crippen LogP contribution in [-0.2, 0) is 4.79 Å². The number of nitrogen functional groups attached to an aromatic ring is 1. The molecule has 0 spiro atoms. The molecule has 18 heavy (non-hydrogen) atoms. The third-order valence-corrected chi connectivity index (χ3v) is 2.64. The highest BCUT2D eigenvalue weighted by Gasteiger charge is 2.16. The maximum absolute atomic E-state index is 9.52. The third kappa shape index (κ3) is 4.54. The topological polar surface area (TPSA) is 113 Å². The summed E-state index contributed by atoms with van der Waals surface area (Å²) >= 11 is 0. The van der Waals surface area contributed by atoms with Crippen LogP contribution in [0, 0.1) is 0 Å². The van der Waals surface area contributed by atoms with Crippen LogP contribution in [0.4, 0.5) is 11.8 Å². The maximum atomic E-state index is 9.52. The molecule has 1 aliphatic rings. The monoisotopic (exact) mass is 254 g/mol. The molecule has 1 aliphatic heterocycles. The average Bonchev–Trinajstić information content (AvgIpc) is 2.55. The molecule has 0 bridgehead atoms. The minimum atomic E-state index is -0.250. The Morgan fingerprint density at radius 2 is 2.17 bits per heavy atom. The highest BCUT2D eigenvalue weighted by Crippen LogP contribution is 2.16. The second-order valence-corrected chi connectivity index (χ2v) is 3.96. The molecular formula is C11H18N4O3. The van der Waals surface area contributed by atoms with Crippen LogP contribution in [0.5, 0.6) is 0 Å². The molecule has 1 aromatic heterocycles. The van der Waals surface area contributed by atoms with Gasteiger partial charge < -0.3 is 20.8 Å². The zero-order valence-corrected chi connectivity index (χ0v) is 10.1. The molecule has 7 nitrogen and oxygen atoms in total. The molecule has 0 saturated carbocycles. The first-order valence-corrected chi connectivity index (χ1v) is 5.76. The lowest BCUT2D eigenvalue weighted by Gasteiger charge is -2.19. The second-order valence-electron chi connectivity index (χ2n) is 3.96. The predicted molar refractivity (Wildman–Crippen MR) is 67.2 cm³/mol. The molecule has 7 heteroatoms. The van der Waals surface area contributed by atoms with Gasteiger partial charge in [-0.2, -0.15) is 4.98 Å². The van der Waals surface area contributed by atoms with Gasteiger partial charge in [-0.25, -0.2) is 4.98 Å². The van der Waals surface area contributed by atoms with E-state index in [1.807, 2.05) is 0 Å². The molecule has 0 aromatic carbocycles. The summed E-state index contributed by atoms with van der Waals surface area (Å²) in [5.74, 6) is 1.16. The summed E-state index contributed by atoms with van der Waals surface area (Å²) in [6, 6.07) is 1.68. The zero-order chi connectivity index (χ0) is 13.4. The Bertz CT molecular complexity index is 375. The lowest BCUT2D eigenvalue weighted by Crippen LogP contribution is -2.26. The molecule has 1 aromatic rings. The minimum Gasteiger partial charge on any atom is -0.483 e. The molecule has 2 rings (SSSR count). The van der Waals surface area contributed by atoms with E-state index in [4.69, 9.17) is 15.6 Å². The molecule has 2 heterocycles. The summed E-state index contributed by atoms with van der Waals surface area (Å²) in [5, 5.41) is 16.4. The highest BCUT2D eigenvalue weighted by molar-refractivity contribution is 5.37. The Morgan fingerprint density at radius 1 is 1.44 bits per heavy atom. The summed E-state index contributed by atoms with van der Waals surface area (Å²) in [6.45, 7) is 1.44. The Hall–Kier alpha value is -1.89. The van der Waals surface area contributed by atoms with Crippen molar-refractivity contribution in [1.29, 1.82) is 0 Å². The van der Waals surface area contributed by atoms with Gasteiger partial charge in [0.15, 0.2) is 0 Å². The van der Waals surface area contributed by atoms with Gasteiger partial charge in [0.05, 0.1) is 6.10 Å². The van der Waals surface area contributed by atoms with E-state index in [0.717, 1.165) is 32.4 Å². The molecular weight excluding hydrogens is 236 g/mol. The SMILES string of the molecule is Nc1ccnc(N2CCCC(O)CC2)n1.O=CO. The number of aromatic nitrogens is 2. The van der Waals surface area contributed by atoms with E-state index in [1.165, 1.54) is 0 Å². The van der Waals surface area contributed by atoms with Crippen molar-refractivity contribution in [2.75, 3.05) is 23.7 Å². The molecule has 0 amide bonds. The summed E-state index contributed by atoms with van der Waals surface area (Å²) < 4.78 is 0. The first kappa shape index (κ1) is 14.2. The number of aliphatic hydroxyl groups is 1.